The summed E-state index contributed by atoms with van der Waals surface area (Å²) in [5.74, 6) is 0.107. The highest BCUT2D eigenvalue weighted by Gasteiger charge is 2.42. The summed E-state index contributed by atoms with van der Waals surface area (Å²) in [6.07, 6.45) is 0.843. The second kappa shape index (κ2) is 10.3. The molecule has 7 nitrogen and oxygen atoms in total. The number of carboxylic acids is 1. The van der Waals surface area contributed by atoms with Crippen molar-refractivity contribution in [1.29, 1.82) is 0 Å². The highest BCUT2D eigenvalue weighted by atomic mass is 35.5. The van der Waals surface area contributed by atoms with Gasteiger partial charge in [0.15, 0.2) is 11.5 Å². The molecule has 1 amide bonds. The van der Waals surface area contributed by atoms with E-state index in [1.807, 2.05) is 24.3 Å². The molecule has 182 valence electrons. The third-order valence-electron chi connectivity index (χ3n) is 6.31. The van der Waals surface area contributed by atoms with Gasteiger partial charge in [-0.3, -0.25) is 4.79 Å². The number of carbonyl (C=O) groups excluding carboxylic acids is 1. The van der Waals surface area contributed by atoms with E-state index >= 15 is 0 Å². The van der Waals surface area contributed by atoms with Crippen molar-refractivity contribution in [1.82, 2.24) is 4.90 Å². The van der Waals surface area contributed by atoms with Gasteiger partial charge in [0.2, 0.25) is 0 Å². The summed E-state index contributed by atoms with van der Waals surface area (Å²) in [5.41, 5.74) is 2.49. The van der Waals surface area contributed by atoms with Gasteiger partial charge < -0.3 is 24.2 Å². The number of nitrogens with zero attached hydrogens (tertiary/aromatic N) is 1. The Morgan fingerprint density at radius 3 is 2.29 bits per heavy atom. The molecule has 1 fully saturated rings. The van der Waals surface area contributed by atoms with Crippen molar-refractivity contribution in [2.45, 2.75) is 24.9 Å². The second-order valence-electron chi connectivity index (χ2n) is 8.14. The van der Waals surface area contributed by atoms with E-state index in [1.54, 1.807) is 50.6 Å². The Morgan fingerprint density at radius 2 is 1.63 bits per heavy atom. The van der Waals surface area contributed by atoms with Gasteiger partial charge in [-0.05, 0) is 48.7 Å². The van der Waals surface area contributed by atoms with Crippen LogP contribution in [0.4, 0.5) is 0 Å². The first-order valence-corrected chi connectivity index (χ1v) is 11.5. The minimum absolute atomic E-state index is 0.317. The molecule has 0 aromatic heterocycles. The molecule has 0 spiro atoms. The van der Waals surface area contributed by atoms with Crippen molar-refractivity contribution in [2.75, 3.05) is 21.3 Å². The summed E-state index contributed by atoms with van der Waals surface area (Å²) in [5, 5.41) is 10.3. The maximum Gasteiger partial charge on any atom is 0.326 e. The van der Waals surface area contributed by atoms with Crippen LogP contribution in [0.5, 0.6) is 17.2 Å². The Morgan fingerprint density at radius 1 is 0.886 bits per heavy atom. The van der Waals surface area contributed by atoms with Crippen molar-refractivity contribution >= 4 is 23.5 Å². The van der Waals surface area contributed by atoms with Gasteiger partial charge in [-0.2, -0.15) is 0 Å². The molecular formula is C27H26ClNO6. The molecular weight excluding hydrogens is 470 g/mol. The van der Waals surface area contributed by atoms with Crippen LogP contribution in [0.2, 0.25) is 5.02 Å². The predicted octanol–water partition coefficient (Wildman–Crippen LogP) is 5.46. The number of aliphatic carboxylic acids is 1. The fraction of sp³-hybridized carbons (Fsp3) is 0.259. The van der Waals surface area contributed by atoms with Crippen LogP contribution in [-0.2, 0) is 4.79 Å². The lowest BCUT2D eigenvalue weighted by Crippen LogP contribution is -2.41. The molecule has 8 heteroatoms. The van der Waals surface area contributed by atoms with E-state index in [2.05, 4.69) is 0 Å². The lowest BCUT2D eigenvalue weighted by atomic mass is 9.99. The Labute approximate surface area is 208 Å². The smallest absolute Gasteiger partial charge is 0.326 e. The third-order valence-corrected chi connectivity index (χ3v) is 6.65. The zero-order valence-corrected chi connectivity index (χ0v) is 20.4. The third kappa shape index (κ3) is 4.51. The van der Waals surface area contributed by atoms with Crippen LogP contribution in [0.25, 0.3) is 11.1 Å². The number of methoxy groups -OCH3 is 3. The summed E-state index contributed by atoms with van der Waals surface area (Å²) in [4.78, 5) is 27.2. The monoisotopic (exact) mass is 495 g/mol. The number of benzene rings is 3. The summed E-state index contributed by atoms with van der Waals surface area (Å²) >= 11 is 6.41. The topological polar surface area (TPSA) is 85.3 Å². The van der Waals surface area contributed by atoms with Gasteiger partial charge in [0, 0.05) is 21.7 Å². The first-order valence-electron chi connectivity index (χ1n) is 11.1. The molecule has 0 saturated carbocycles. The number of rotatable bonds is 7. The van der Waals surface area contributed by atoms with Crippen LogP contribution in [0, 0.1) is 0 Å². The zero-order chi connectivity index (χ0) is 25.1. The van der Waals surface area contributed by atoms with Gasteiger partial charge in [-0.15, -0.1) is 0 Å². The van der Waals surface area contributed by atoms with E-state index in [0.29, 0.717) is 46.2 Å². The minimum Gasteiger partial charge on any atom is -0.496 e. The highest BCUT2D eigenvalue weighted by Crippen LogP contribution is 2.43. The first kappa shape index (κ1) is 24.4. The average molecular weight is 496 g/mol. The number of ether oxygens (including phenoxy) is 3. The maximum absolute atomic E-state index is 13.7. The quantitative estimate of drug-likeness (QED) is 0.468. The van der Waals surface area contributed by atoms with Crippen molar-refractivity contribution in [3.63, 3.8) is 0 Å². The van der Waals surface area contributed by atoms with E-state index < -0.39 is 24.0 Å². The van der Waals surface area contributed by atoms with Crippen molar-refractivity contribution < 1.29 is 28.9 Å². The number of halogens is 1. The minimum atomic E-state index is -1.04. The second-order valence-corrected chi connectivity index (χ2v) is 8.54. The van der Waals surface area contributed by atoms with Gasteiger partial charge in [-0.1, -0.05) is 41.9 Å². The van der Waals surface area contributed by atoms with Gasteiger partial charge in [0.25, 0.3) is 5.91 Å². The molecule has 1 aliphatic rings. The molecule has 0 radical (unpaired) electrons. The van der Waals surface area contributed by atoms with Gasteiger partial charge in [-0.25, -0.2) is 4.79 Å². The normalized spacial score (nSPS) is 17.2. The lowest BCUT2D eigenvalue weighted by molar-refractivity contribution is -0.141. The van der Waals surface area contributed by atoms with Gasteiger partial charge >= 0.3 is 5.97 Å². The summed E-state index contributed by atoms with van der Waals surface area (Å²) < 4.78 is 16.6. The molecule has 1 saturated heterocycles. The Balaban J connectivity index is 1.76. The Bertz CT molecular complexity index is 1260. The molecule has 1 N–H and O–H groups in total. The van der Waals surface area contributed by atoms with Crippen LogP contribution in [0.15, 0.2) is 60.7 Å². The van der Waals surface area contributed by atoms with Crippen molar-refractivity contribution in [3.05, 3.63) is 76.8 Å². The lowest BCUT2D eigenvalue weighted by Gasteiger charge is -2.29. The number of carboxylic acid groups (broad SMARTS) is 1. The molecule has 35 heavy (non-hydrogen) atoms. The molecule has 1 heterocycles. The van der Waals surface area contributed by atoms with Crippen LogP contribution >= 0.6 is 11.6 Å². The highest BCUT2D eigenvalue weighted by molar-refractivity contribution is 6.31. The maximum atomic E-state index is 13.7. The van der Waals surface area contributed by atoms with Crippen molar-refractivity contribution in [3.8, 4) is 28.4 Å². The summed E-state index contributed by atoms with van der Waals surface area (Å²) in [6, 6.07) is 16.4. The van der Waals surface area contributed by atoms with Crippen LogP contribution in [0.1, 0.15) is 34.8 Å². The molecule has 0 bridgehead atoms. The number of para-hydroxylation sites is 1. The SMILES string of the molecule is COc1cc(C(=O)N2[C@@H](c3ccccc3Cl)CC[C@H]2C(=O)O)ccc1-c1cccc(OC)c1OC. The van der Waals surface area contributed by atoms with Crippen LogP contribution in [0.3, 0.4) is 0 Å². The molecule has 2 atom stereocenters. The molecule has 0 aliphatic carbocycles. The largest absolute Gasteiger partial charge is 0.496 e. The molecule has 0 unspecified atom stereocenters. The van der Waals surface area contributed by atoms with E-state index in [4.69, 9.17) is 25.8 Å². The zero-order valence-electron chi connectivity index (χ0n) is 19.7. The number of hydrogen-bond acceptors (Lipinski definition) is 5. The molecule has 4 rings (SSSR count). The Kier molecular flexibility index (Phi) is 7.17. The average Bonchev–Trinajstić information content (AvgIpc) is 3.32. The standard InChI is InChI=1S/C27H26ClNO6/c1-33-23-10-6-8-18(25(23)35-3)17-12-11-16(15-24(17)34-2)26(30)29-21(13-14-22(29)27(31)32)19-7-4-5-9-20(19)28/h4-12,15,21-22H,13-14H2,1-3H3,(H,31,32)/t21-,22+/m1/s1. The fourth-order valence-corrected chi connectivity index (χ4v) is 4.94. The van der Waals surface area contributed by atoms with Crippen LogP contribution < -0.4 is 14.2 Å². The van der Waals surface area contributed by atoms with Gasteiger partial charge in [0.1, 0.15) is 11.8 Å². The van der Waals surface area contributed by atoms with E-state index in [0.717, 1.165) is 11.1 Å². The predicted molar refractivity (Wildman–Crippen MR) is 133 cm³/mol. The van der Waals surface area contributed by atoms with Crippen LogP contribution in [-0.4, -0.2) is 49.3 Å². The molecule has 3 aromatic carbocycles. The fourth-order valence-electron chi connectivity index (χ4n) is 4.68. The summed E-state index contributed by atoms with van der Waals surface area (Å²) in [7, 11) is 4.63. The summed E-state index contributed by atoms with van der Waals surface area (Å²) in [6.45, 7) is 0. The Hall–Kier alpha value is -3.71. The van der Waals surface area contributed by atoms with E-state index in [1.165, 1.54) is 12.0 Å². The van der Waals surface area contributed by atoms with E-state index in [-0.39, 0.29) is 0 Å². The molecule has 3 aromatic rings. The van der Waals surface area contributed by atoms with Crippen molar-refractivity contribution in [2.24, 2.45) is 0 Å². The van der Waals surface area contributed by atoms with E-state index in [9.17, 15) is 14.7 Å². The number of hydrogen-bond donors (Lipinski definition) is 1. The molecule has 1 aliphatic heterocycles. The number of amides is 1. The van der Waals surface area contributed by atoms with Gasteiger partial charge in [0.05, 0.1) is 27.4 Å². The number of likely N-dealkylation sites (tertiary alicyclic amines) is 1. The number of carbonyl (C=O) groups is 2. The first-order chi connectivity index (χ1) is 16.9.